The van der Waals surface area contributed by atoms with Crippen molar-refractivity contribution in [1.29, 1.82) is 0 Å². The SMILES string of the molecule is O=C(CCSc1ccc(Cl)cc1)NCCCO. The van der Waals surface area contributed by atoms with E-state index in [1.807, 2.05) is 24.3 Å². The zero-order chi connectivity index (χ0) is 12.5. The van der Waals surface area contributed by atoms with Gasteiger partial charge in [-0.15, -0.1) is 11.8 Å². The Kier molecular flexibility index (Phi) is 7.08. The van der Waals surface area contributed by atoms with Crippen LogP contribution < -0.4 is 5.32 Å². The van der Waals surface area contributed by atoms with E-state index in [9.17, 15) is 4.79 Å². The fourth-order valence-electron chi connectivity index (χ4n) is 1.19. The summed E-state index contributed by atoms with van der Waals surface area (Å²) in [6.07, 6.45) is 1.09. The Morgan fingerprint density at radius 1 is 1.35 bits per heavy atom. The molecule has 1 aromatic rings. The lowest BCUT2D eigenvalue weighted by Crippen LogP contribution is -2.25. The van der Waals surface area contributed by atoms with Crippen molar-refractivity contribution in [2.24, 2.45) is 0 Å². The summed E-state index contributed by atoms with van der Waals surface area (Å²) in [7, 11) is 0. The van der Waals surface area contributed by atoms with Gasteiger partial charge in [-0.25, -0.2) is 0 Å². The number of carbonyl (C=O) groups excluding carboxylic acids is 1. The molecule has 0 saturated heterocycles. The fraction of sp³-hybridized carbons (Fsp3) is 0.417. The minimum Gasteiger partial charge on any atom is -0.396 e. The van der Waals surface area contributed by atoms with Crippen LogP contribution in [0.2, 0.25) is 5.02 Å². The van der Waals surface area contributed by atoms with Gasteiger partial charge in [0.15, 0.2) is 0 Å². The van der Waals surface area contributed by atoms with Crippen LogP contribution in [-0.2, 0) is 4.79 Å². The quantitative estimate of drug-likeness (QED) is 0.592. The lowest BCUT2D eigenvalue weighted by Gasteiger charge is -2.04. The molecular weight excluding hydrogens is 258 g/mol. The number of nitrogens with one attached hydrogen (secondary N) is 1. The monoisotopic (exact) mass is 273 g/mol. The molecule has 5 heteroatoms. The van der Waals surface area contributed by atoms with Crippen molar-refractivity contribution in [1.82, 2.24) is 5.32 Å². The smallest absolute Gasteiger partial charge is 0.220 e. The maximum atomic E-state index is 11.3. The predicted molar refractivity (Wildman–Crippen MR) is 71.5 cm³/mol. The highest BCUT2D eigenvalue weighted by molar-refractivity contribution is 7.99. The molecule has 1 aromatic carbocycles. The van der Waals surface area contributed by atoms with Crippen LogP contribution in [0.1, 0.15) is 12.8 Å². The zero-order valence-electron chi connectivity index (χ0n) is 9.49. The molecule has 94 valence electrons. The molecule has 0 unspecified atom stereocenters. The highest BCUT2D eigenvalue weighted by Gasteiger charge is 2.01. The Bertz CT molecular complexity index is 343. The first-order chi connectivity index (χ1) is 8.22. The van der Waals surface area contributed by atoms with Gasteiger partial charge in [-0.1, -0.05) is 11.6 Å². The van der Waals surface area contributed by atoms with Gasteiger partial charge in [0.25, 0.3) is 0 Å². The Morgan fingerprint density at radius 2 is 2.06 bits per heavy atom. The Balaban J connectivity index is 2.14. The molecule has 2 N–H and O–H groups in total. The summed E-state index contributed by atoms with van der Waals surface area (Å²) in [5, 5.41) is 12.0. The van der Waals surface area contributed by atoms with Crippen molar-refractivity contribution in [2.75, 3.05) is 18.9 Å². The summed E-state index contributed by atoms with van der Waals surface area (Å²) >= 11 is 7.40. The van der Waals surface area contributed by atoms with Crippen LogP contribution in [0.3, 0.4) is 0 Å². The van der Waals surface area contributed by atoms with Crippen molar-refractivity contribution >= 4 is 29.3 Å². The van der Waals surface area contributed by atoms with Crippen LogP contribution in [0, 0.1) is 0 Å². The van der Waals surface area contributed by atoms with Crippen molar-refractivity contribution in [3.63, 3.8) is 0 Å². The normalized spacial score (nSPS) is 10.2. The Morgan fingerprint density at radius 3 is 2.71 bits per heavy atom. The number of hydrogen-bond donors (Lipinski definition) is 2. The maximum absolute atomic E-state index is 11.3. The maximum Gasteiger partial charge on any atom is 0.220 e. The van der Waals surface area contributed by atoms with Crippen molar-refractivity contribution < 1.29 is 9.90 Å². The number of amides is 1. The third-order valence-electron chi connectivity index (χ3n) is 2.07. The minimum atomic E-state index is 0.0277. The third kappa shape index (κ3) is 6.56. The summed E-state index contributed by atoms with van der Waals surface area (Å²) < 4.78 is 0. The molecule has 0 spiro atoms. The summed E-state index contributed by atoms with van der Waals surface area (Å²) in [5.74, 6) is 0.770. The lowest BCUT2D eigenvalue weighted by molar-refractivity contribution is -0.120. The Hall–Kier alpha value is -0.710. The van der Waals surface area contributed by atoms with E-state index in [1.54, 1.807) is 11.8 Å². The molecule has 1 amide bonds. The van der Waals surface area contributed by atoms with Crippen LogP contribution in [-0.4, -0.2) is 29.9 Å². The van der Waals surface area contributed by atoms with E-state index in [1.165, 1.54) is 0 Å². The molecule has 0 aromatic heterocycles. The topological polar surface area (TPSA) is 49.3 Å². The molecule has 0 aliphatic rings. The Labute approximate surface area is 111 Å². The largest absolute Gasteiger partial charge is 0.396 e. The molecule has 0 bridgehead atoms. The molecular formula is C12H16ClNO2S. The van der Waals surface area contributed by atoms with Crippen LogP contribution in [0.25, 0.3) is 0 Å². The molecule has 3 nitrogen and oxygen atoms in total. The molecule has 1 rings (SSSR count). The molecule has 0 heterocycles. The van der Waals surface area contributed by atoms with E-state index in [0.29, 0.717) is 19.4 Å². The second kappa shape index (κ2) is 8.39. The summed E-state index contributed by atoms with van der Waals surface area (Å²) in [5.41, 5.74) is 0. The number of rotatable bonds is 7. The van der Waals surface area contributed by atoms with Gasteiger partial charge < -0.3 is 10.4 Å². The van der Waals surface area contributed by atoms with Crippen molar-refractivity contribution in [3.05, 3.63) is 29.3 Å². The van der Waals surface area contributed by atoms with Crippen LogP contribution in [0.15, 0.2) is 29.2 Å². The summed E-state index contributed by atoms with van der Waals surface area (Å²) in [6, 6.07) is 7.56. The third-order valence-corrected chi connectivity index (χ3v) is 3.33. The lowest BCUT2D eigenvalue weighted by atomic mass is 10.4. The molecule has 0 saturated carbocycles. The number of hydrogen-bond acceptors (Lipinski definition) is 3. The standard InChI is InChI=1S/C12H16ClNO2S/c13-10-2-4-11(5-3-10)17-9-6-12(16)14-7-1-8-15/h2-5,15H,1,6-9H2,(H,14,16). The first kappa shape index (κ1) is 14.4. The number of aliphatic hydroxyl groups is 1. The van der Waals surface area contributed by atoms with Crippen LogP contribution >= 0.6 is 23.4 Å². The fourth-order valence-corrected chi connectivity index (χ4v) is 2.17. The number of halogens is 1. The summed E-state index contributed by atoms with van der Waals surface area (Å²) in [4.78, 5) is 12.4. The van der Waals surface area contributed by atoms with Crippen molar-refractivity contribution in [2.45, 2.75) is 17.7 Å². The second-order valence-electron chi connectivity index (χ2n) is 3.48. The number of carbonyl (C=O) groups is 1. The van der Waals surface area contributed by atoms with Crippen LogP contribution in [0.4, 0.5) is 0 Å². The molecule has 0 aliphatic heterocycles. The first-order valence-electron chi connectivity index (χ1n) is 5.48. The highest BCUT2D eigenvalue weighted by Crippen LogP contribution is 2.20. The van der Waals surface area contributed by atoms with E-state index in [0.717, 1.165) is 15.7 Å². The molecule has 17 heavy (non-hydrogen) atoms. The van der Waals surface area contributed by atoms with Gasteiger partial charge in [-0.3, -0.25) is 4.79 Å². The number of benzene rings is 1. The van der Waals surface area contributed by atoms with Crippen LogP contribution in [0.5, 0.6) is 0 Å². The van der Waals surface area contributed by atoms with Gasteiger partial charge in [0.2, 0.25) is 5.91 Å². The van der Waals surface area contributed by atoms with E-state index in [2.05, 4.69) is 5.32 Å². The van der Waals surface area contributed by atoms with Gasteiger partial charge in [0.1, 0.15) is 0 Å². The minimum absolute atomic E-state index is 0.0277. The van der Waals surface area contributed by atoms with E-state index in [4.69, 9.17) is 16.7 Å². The van der Waals surface area contributed by atoms with Crippen molar-refractivity contribution in [3.8, 4) is 0 Å². The first-order valence-corrected chi connectivity index (χ1v) is 6.84. The highest BCUT2D eigenvalue weighted by atomic mass is 35.5. The molecule has 0 aliphatic carbocycles. The van der Waals surface area contributed by atoms with Gasteiger partial charge in [0.05, 0.1) is 0 Å². The molecule has 0 radical (unpaired) electrons. The average molecular weight is 274 g/mol. The average Bonchev–Trinajstić information content (AvgIpc) is 2.32. The second-order valence-corrected chi connectivity index (χ2v) is 5.08. The zero-order valence-corrected chi connectivity index (χ0v) is 11.1. The summed E-state index contributed by atoms with van der Waals surface area (Å²) in [6.45, 7) is 0.654. The molecule has 0 fully saturated rings. The van der Waals surface area contributed by atoms with Gasteiger partial charge in [0, 0.05) is 35.2 Å². The number of thioether (sulfide) groups is 1. The van der Waals surface area contributed by atoms with Gasteiger partial charge >= 0.3 is 0 Å². The predicted octanol–water partition coefficient (Wildman–Crippen LogP) is 2.32. The molecule has 0 atom stereocenters. The van der Waals surface area contributed by atoms with E-state index in [-0.39, 0.29) is 12.5 Å². The number of aliphatic hydroxyl groups excluding tert-OH is 1. The van der Waals surface area contributed by atoms with Gasteiger partial charge in [-0.2, -0.15) is 0 Å². The van der Waals surface area contributed by atoms with Gasteiger partial charge in [-0.05, 0) is 30.7 Å². The van der Waals surface area contributed by atoms with E-state index >= 15 is 0 Å². The van der Waals surface area contributed by atoms with E-state index < -0.39 is 0 Å².